The summed E-state index contributed by atoms with van der Waals surface area (Å²) in [4.78, 5) is 208. The number of aromatic nitrogens is 7. The number of nitrogens with one attached hydrogen (secondary N) is 14. The average Bonchev–Trinajstić information content (AvgIpc) is 1.66. The number of thiophene rings is 1. The van der Waals surface area contributed by atoms with Crippen LogP contribution < -0.4 is 85.7 Å². The van der Waals surface area contributed by atoms with E-state index >= 15 is 0 Å². The number of carbonyl (C=O) groups excluding carboxylic acids is 14. The molecular weight excluding hydrogens is 1770 g/mol. The average molecular weight is 1890 g/mol. The summed E-state index contributed by atoms with van der Waals surface area (Å²) in [6.45, 7) is 8.62. The zero-order chi connectivity index (χ0) is 96.9. The number of ether oxygens (including phenoxy) is 7. The number of pyridine rings is 1. The van der Waals surface area contributed by atoms with E-state index in [2.05, 4.69) is 94.0 Å². The molecule has 5 heterocycles. The van der Waals surface area contributed by atoms with E-state index in [0.29, 0.717) is 85.8 Å². The highest BCUT2D eigenvalue weighted by Crippen LogP contribution is 2.22. The summed E-state index contributed by atoms with van der Waals surface area (Å²) < 4.78 is 53.2. The number of H-pyrrole nitrogens is 2. The van der Waals surface area contributed by atoms with Crippen LogP contribution in [0.5, 0.6) is 11.5 Å². The maximum absolute atomic E-state index is 14.9. The molecule has 2 aromatic carbocycles. The number of aromatic hydroxyl groups is 1. The first-order valence-electron chi connectivity index (χ1n) is 44.3. The molecular formula is C88H125FN22O22S. The van der Waals surface area contributed by atoms with Crippen molar-refractivity contribution in [1.82, 2.24) is 98.7 Å². The molecule has 7 aromatic rings. The van der Waals surface area contributed by atoms with Crippen LogP contribution in [0.3, 0.4) is 0 Å². The number of carbonyl (C=O) groups is 14. The fraction of sp³-hybridized carbons (Fsp3) is 0.523. The molecule has 0 radical (unpaired) electrons. The molecule has 0 aliphatic carbocycles. The molecule has 0 aliphatic rings. The number of nitrogens with two attached hydrogens (primary N) is 3. The van der Waals surface area contributed by atoms with Crippen LogP contribution in [0.4, 0.5) is 4.39 Å². The van der Waals surface area contributed by atoms with Crippen molar-refractivity contribution >= 4 is 105 Å². The number of hydrogen-bond donors (Lipinski definition) is 18. The molecule has 0 saturated carbocycles. The number of imidazole rings is 1. The van der Waals surface area contributed by atoms with Gasteiger partial charge in [-0.1, -0.05) is 75.2 Å². The second kappa shape index (κ2) is 60.2. The van der Waals surface area contributed by atoms with Crippen LogP contribution in [0.25, 0.3) is 10.9 Å². The number of hydrogen-bond acceptors (Lipinski definition) is 28. The number of aromatic amines is 2. The summed E-state index contributed by atoms with van der Waals surface area (Å²) in [6, 6.07) is 6.78. The van der Waals surface area contributed by atoms with Crippen molar-refractivity contribution in [2.24, 2.45) is 23.1 Å². The second-order valence-corrected chi connectivity index (χ2v) is 32.5. The van der Waals surface area contributed by atoms with E-state index < -0.39 is 169 Å². The Morgan fingerprint density at radius 2 is 1.14 bits per heavy atom. The number of benzene rings is 2. The number of primary amides is 2. The van der Waals surface area contributed by atoms with Gasteiger partial charge in [-0.05, 0) is 97.9 Å². The Bertz CT molecular complexity index is 4840. The maximum Gasteiger partial charge on any atom is 0.255 e. The first-order chi connectivity index (χ1) is 64.6. The van der Waals surface area contributed by atoms with E-state index in [0.717, 1.165) is 11.3 Å². The minimum atomic E-state index is -1.68. The number of para-hydroxylation sites is 1. The summed E-state index contributed by atoms with van der Waals surface area (Å²) in [6.07, 6.45) is 7.41. The van der Waals surface area contributed by atoms with Gasteiger partial charge in [-0.25, -0.2) is 14.6 Å². The predicted octanol–water partition coefficient (Wildman–Crippen LogP) is -1.33. The van der Waals surface area contributed by atoms with Gasteiger partial charge < -0.3 is 129 Å². The van der Waals surface area contributed by atoms with Gasteiger partial charge in [0.1, 0.15) is 79.0 Å². The Morgan fingerprint density at radius 3 is 1.80 bits per heavy atom. The van der Waals surface area contributed by atoms with Gasteiger partial charge in [0, 0.05) is 105 Å². The third kappa shape index (κ3) is 41.0. The van der Waals surface area contributed by atoms with Crippen LogP contribution in [-0.2, 0) is 134 Å². The summed E-state index contributed by atoms with van der Waals surface area (Å²) >= 11 is 1.34. The molecule has 5 aromatic heterocycles. The monoisotopic (exact) mass is 1890 g/mol. The molecule has 0 fully saturated rings. The number of rotatable bonds is 68. The molecule has 14 amide bonds. The van der Waals surface area contributed by atoms with Crippen molar-refractivity contribution in [2.45, 2.75) is 185 Å². The minimum Gasteiger partial charge on any atom is -0.508 e. The second-order valence-electron chi connectivity index (χ2n) is 31.4. The number of amides is 14. The smallest absolute Gasteiger partial charge is 0.255 e. The molecule has 21 N–H and O–H groups in total. The molecule has 0 bridgehead atoms. The van der Waals surface area contributed by atoms with Crippen molar-refractivity contribution in [1.29, 1.82) is 0 Å². The Kier molecular flexibility index (Phi) is 48.6. The number of fused-ring (bicyclic) bond motifs is 1. The van der Waals surface area contributed by atoms with Crippen molar-refractivity contribution in [3.63, 3.8) is 0 Å². The van der Waals surface area contributed by atoms with Crippen molar-refractivity contribution in [2.75, 3.05) is 105 Å². The normalized spacial score (nSPS) is 13.2. The van der Waals surface area contributed by atoms with Gasteiger partial charge in [0.15, 0.2) is 5.75 Å². The Labute approximate surface area is 777 Å². The van der Waals surface area contributed by atoms with E-state index in [1.54, 1.807) is 61.8 Å². The van der Waals surface area contributed by atoms with Crippen LogP contribution in [0.15, 0.2) is 109 Å². The molecule has 9 atom stereocenters. The van der Waals surface area contributed by atoms with Crippen molar-refractivity contribution in [3.8, 4) is 11.5 Å². The molecule has 0 aliphatic heterocycles. The first kappa shape index (κ1) is 108. The number of unbranched alkanes of at least 4 members (excludes halogenated alkanes) is 2. The third-order valence-electron chi connectivity index (χ3n) is 20.4. The highest BCUT2D eigenvalue weighted by atomic mass is 32.1. The lowest BCUT2D eigenvalue weighted by atomic mass is 10.0. The van der Waals surface area contributed by atoms with Crippen LogP contribution in [0, 0.1) is 11.9 Å². The van der Waals surface area contributed by atoms with Crippen molar-refractivity contribution < 1.29 is 110 Å². The first-order valence-corrected chi connectivity index (χ1v) is 45.2. The standard InChI is InChI=1S/C88H125FN22O22S/c1-5-6-15-65(80(92)118)104-87(125)71(47-62-13-12-43-134-62)107-86(124)70(46-59-49-93-54-99-59)102-75(115)25-30-96-88(126)78(55(2)3)108-81(119)56(4)100-84(122)69(45-58-48-97-64-16-8-7-14-63(58)64)106-83(121)67(23-24-73(91)113)105-85(123)68(44-57-19-21-61(112)22-20-57)103-76(116)50-98-82(120)66(17-9-10-28-94-74(114)26-31-127-33-35-129-37-38-130-36-34-128-32-27-90)101-77(117)52-111-51-60(109-110-111)53-132-40-39-131-41-42-133-72-18-11-29-95-79(72)89/h7-8,11-14,16,18-22,29,43,48-49,51,54-56,65-71,78,97,112H,5-6,9-10,15,17,23-28,30-42,44-47,50,52-53,90H2,1-4H3,(H2,91,113)(H2,92,118)(H,93,99)(H,94,114)(H,96,126)(H,98,120)(H,100,122)(H,101,117)(H,102,115)(H,103,116)(H,104,125)(H,105,123)(H,106,121)(H,107,124)(H,108,119)/t56-,65-,66-,67-,68+,69-,70-,71-,78-/m0/s1/i89-1. The van der Waals surface area contributed by atoms with Gasteiger partial charge in [-0.15, -0.1) is 16.4 Å². The van der Waals surface area contributed by atoms with E-state index in [-0.39, 0.29) is 141 Å². The van der Waals surface area contributed by atoms with Crippen LogP contribution in [0.2, 0.25) is 0 Å². The summed E-state index contributed by atoms with van der Waals surface area (Å²) in [5.74, 6) is -12.6. The fourth-order valence-electron chi connectivity index (χ4n) is 13.2. The van der Waals surface area contributed by atoms with Gasteiger partial charge in [0.05, 0.1) is 98.4 Å². The van der Waals surface area contributed by atoms with Gasteiger partial charge in [-0.2, -0.15) is 4.39 Å². The Balaban J connectivity index is 0.978. The molecule has 0 spiro atoms. The lowest BCUT2D eigenvalue weighted by Crippen LogP contribution is -2.60. The molecule has 0 saturated heterocycles. The SMILES string of the molecule is CCCC[C@H](NC(=O)[C@H](Cc1cccs1)NC(=O)[C@H](Cc1cnc[nH]1)NC(=O)CCNC(=O)[C@@H](NC(=O)[C@H](C)NC(=O)[C@H](Cc1c[nH]c2ccccc12)NC(=O)[C@H](CCC(N)=O)NC(=O)[C@@H](Cc1ccc(O)cc1)NC(=O)CNC(=O)[C@H](CCCCNC(=O)CCOCCOCCOCCOCCN)NC(=O)Cn1cc(COCCOCCOc2cccnc2[18F])nn1)C(C)C)C(N)=O. The van der Waals surface area contributed by atoms with E-state index in [4.69, 9.17) is 50.4 Å². The predicted molar refractivity (Wildman–Crippen MR) is 484 cm³/mol. The van der Waals surface area contributed by atoms with Gasteiger partial charge in [0.25, 0.3) is 5.95 Å². The quantitative estimate of drug-likeness (QED) is 0.0155. The summed E-state index contributed by atoms with van der Waals surface area (Å²) in [5, 5.41) is 52.5. The highest BCUT2D eigenvalue weighted by Gasteiger charge is 2.36. The Morgan fingerprint density at radius 1 is 0.530 bits per heavy atom. The molecule has 46 heteroatoms. The maximum atomic E-state index is 14.9. The molecule has 0 unspecified atom stereocenters. The molecule has 7 rings (SSSR count). The number of phenols is 1. The van der Waals surface area contributed by atoms with Gasteiger partial charge in [-0.3, -0.25) is 67.1 Å². The molecule has 44 nitrogen and oxygen atoms in total. The van der Waals surface area contributed by atoms with Gasteiger partial charge in [0.2, 0.25) is 82.7 Å². The summed E-state index contributed by atoms with van der Waals surface area (Å²) in [7, 11) is 0. The number of nitrogens with zero attached hydrogens (tertiary/aromatic N) is 5. The molecule has 134 heavy (non-hydrogen) atoms. The Hall–Kier alpha value is -13.0. The lowest BCUT2D eigenvalue weighted by molar-refractivity contribution is -0.135. The van der Waals surface area contributed by atoms with E-state index in [9.17, 15) is 76.6 Å². The number of halogens is 1. The lowest BCUT2D eigenvalue weighted by Gasteiger charge is -2.27. The zero-order valence-corrected chi connectivity index (χ0v) is 76.4. The zero-order valence-electron chi connectivity index (χ0n) is 75.6. The topological polar surface area (TPSA) is 634 Å². The van der Waals surface area contributed by atoms with Crippen LogP contribution >= 0.6 is 11.3 Å². The fourth-order valence-corrected chi connectivity index (χ4v) is 14.0. The third-order valence-corrected chi connectivity index (χ3v) is 21.3. The van der Waals surface area contributed by atoms with Crippen LogP contribution in [-0.4, -0.2) is 283 Å². The van der Waals surface area contributed by atoms with Crippen LogP contribution in [0.1, 0.15) is 119 Å². The summed E-state index contributed by atoms with van der Waals surface area (Å²) in [5.41, 5.74) is 19.0. The molecule has 732 valence electrons. The van der Waals surface area contributed by atoms with Crippen molar-refractivity contribution in [3.05, 3.63) is 143 Å². The van der Waals surface area contributed by atoms with E-state index in [1.807, 2.05) is 6.92 Å². The minimum absolute atomic E-state index is 0.0144. The highest BCUT2D eigenvalue weighted by molar-refractivity contribution is 7.09. The van der Waals surface area contributed by atoms with Gasteiger partial charge >= 0.3 is 0 Å². The number of phenolic OH excluding ortho intramolecular Hbond substituents is 1. The van der Waals surface area contributed by atoms with E-state index in [1.165, 1.54) is 84.3 Å². The largest absolute Gasteiger partial charge is 0.508 e.